The molecule has 0 radical (unpaired) electrons. The molecule has 1 aliphatic rings. The van der Waals surface area contributed by atoms with Crippen molar-refractivity contribution in [3.05, 3.63) is 59.8 Å². The minimum absolute atomic E-state index is 0.150. The van der Waals surface area contributed by atoms with Gasteiger partial charge in [0.1, 0.15) is 0 Å². The lowest BCUT2D eigenvalue weighted by Gasteiger charge is -2.26. The molecule has 1 saturated heterocycles. The summed E-state index contributed by atoms with van der Waals surface area (Å²) in [7, 11) is 1.79. The number of unbranched alkanes of at least 4 members (excludes halogenated alkanes) is 1. The van der Waals surface area contributed by atoms with Crippen LogP contribution in [-0.2, 0) is 18.0 Å². The van der Waals surface area contributed by atoms with Crippen molar-refractivity contribution in [3.63, 3.8) is 0 Å². The molecule has 2 aromatic carbocycles. The molecule has 0 aliphatic carbocycles. The van der Waals surface area contributed by atoms with Gasteiger partial charge in [0.05, 0.1) is 24.3 Å². The van der Waals surface area contributed by atoms with Gasteiger partial charge in [0.25, 0.3) is 5.91 Å². The molecule has 0 spiro atoms. The first-order valence-corrected chi connectivity index (χ1v) is 12.0. The van der Waals surface area contributed by atoms with E-state index in [9.17, 15) is 18.0 Å². The zero-order chi connectivity index (χ0) is 25.3. The third-order valence-electron chi connectivity index (χ3n) is 6.55. The standard InChI is InChI=1S/C26H28F3N5O2/c1-32-17-22-21-16-18(25(35)30-10-2-3-11-33-12-14-36-15-13-33)4-9-23(21)34(24(22)31-32)20-7-5-19(6-8-20)26(27,28)29/h4-9,16-17H,2-3,10-15H2,1H3,(H,30,35). The minimum Gasteiger partial charge on any atom is -0.379 e. The molecule has 36 heavy (non-hydrogen) atoms. The number of aryl methyl sites for hydroxylation is 1. The molecule has 3 heterocycles. The minimum atomic E-state index is -4.40. The maximum Gasteiger partial charge on any atom is 0.416 e. The molecule has 4 aromatic rings. The highest BCUT2D eigenvalue weighted by Gasteiger charge is 2.30. The molecule has 7 nitrogen and oxygen atoms in total. The summed E-state index contributed by atoms with van der Waals surface area (Å²) in [6.45, 7) is 5.08. The van der Waals surface area contributed by atoms with Crippen LogP contribution >= 0.6 is 0 Å². The van der Waals surface area contributed by atoms with Crippen molar-refractivity contribution in [1.82, 2.24) is 24.6 Å². The number of benzene rings is 2. The maximum absolute atomic E-state index is 13.0. The first kappa shape index (κ1) is 24.3. The molecule has 0 unspecified atom stereocenters. The third kappa shape index (κ3) is 4.96. The van der Waals surface area contributed by atoms with Crippen LogP contribution in [0.3, 0.4) is 0 Å². The third-order valence-corrected chi connectivity index (χ3v) is 6.55. The van der Waals surface area contributed by atoms with Crippen LogP contribution in [0.5, 0.6) is 0 Å². The number of aromatic nitrogens is 3. The lowest BCUT2D eigenvalue weighted by atomic mass is 10.1. The van der Waals surface area contributed by atoms with E-state index < -0.39 is 11.7 Å². The molecule has 10 heteroatoms. The van der Waals surface area contributed by atoms with Crippen LogP contribution in [0, 0.1) is 0 Å². The monoisotopic (exact) mass is 499 g/mol. The first-order chi connectivity index (χ1) is 17.3. The average Bonchev–Trinajstić information content (AvgIpc) is 3.38. The summed E-state index contributed by atoms with van der Waals surface area (Å²) in [6, 6.07) is 10.4. The van der Waals surface area contributed by atoms with Gasteiger partial charge < -0.3 is 10.1 Å². The fourth-order valence-corrected chi connectivity index (χ4v) is 4.68. The van der Waals surface area contributed by atoms with Crippen molar-refractivity contribution in [1.29, 1.82) is 0 Å². The van der Waals surface area contributed by atoms with E-state index in [1.54, 1.807) is 17.8 Å². The summed E-state index contributed by atoms with van der Waals surface area (Å²) in [4.78, 5) is 15.2. The van der Waals surface area contributed by atoms with Crippen LogP contribution in [0.25, 0.3) is 27.6 Å². The number of carbonyl (C=O) groups excluding carboxylic acids is 1. The Balaban J connectivity index is 1.34. The Labute approximate surface area is 206 Å². The van der Waals surface area contributed by atoms with E-state index >= 15 is 0 Å². The Kier molecular flexibility index (Phi) is 6.72. The van der Waals surface area contributed by atoms with E-state index in [2.05, 4.69) is 15.3 Å². The van der Waals surface area contributed by atoms with Gasteiger partial charge in [-0.2, -0.15) is 18.3 Å². The van der Waals surface area contributed by atoms with Gasteiger partial charge in [0, 0.05) is 54.9 Å². The molecule has 0 atom stereocenters. The molecule has 5 rings (SSSR count). The van der Waals surface area contributed by atoms with Crippen molar-refractivity contribution in [3.8, 4) is 5.69 Å². The van der Waals surface area contributed by atoms with Gasteiger partial charge in [-0.05, 0) is 61.9 Å². The Bertz CT molecular complexity index is 1370. The number of nitrogens with zero attached hydrogens (tertiary/aromatic N) is 4. The predicted octanol–water partition coefficient (Wildman–Crippen LogP) is 4.38. The number of morpholine rings is 1. The maximum atomic E-state index is 13.0. The normalized spacial score (nSPS) is 15.1. The molecule has 0 saturated carbocycles. The Hall–Kier alpha value is -3.37. The smallest absolute Gasteiger partial charge is 0.379 e. The molecule has 1 amide bonds. The molecular weight excluding hydrogens is 471 g/mol. The highest BCUT2D eigenvalue weighted by atomic mass is 19.4. The molecule has 0 bridgehead atoms. The number of ether oxygens (including phenoxy) is 1. The van der Waals surface area contributed by atoms with Gasteiger partial charge in [0.2, 0.25) is 0 Å². The SMILES string of the molecule is Cn1cc2c3cc(C(=O)NCCCCN4CCOCC4)ccc3n(-c3ccc(C(F)(F)F)cc3)c2n1. The Morgan fingerprint density at radius 3 is 2.53 bits per heavy atom. The molecule has 190 valence electrons. The van der Waals surface area contributed by atoms with Crippen LogP contribution in [0.1, 0.15) is 28.8 Å². The molecule has 2 aromatic heterocycles. The van der Waals surface area contributed by atoms with Gasteiger partial charge in [0.15, 0.2) is 5.65 Å². The first-order valence-electron chi connectivity index (χ1n) is 12.0. The van der Waals surface area contributed by atoms with Gasteiger partial charge in [-0.25, -0.2) is 0 Å². The molecular formula is C26H28F3N5O2. The summed E-state index contributed by atoms with van der Waals surface area (Å²) in [5.74, 6) is -0.150. The summed E-state index contributed by atoms with van der Waals surface area (Å²) in [6.07, 6.45) is -0.651. The molecule has 1 N–H and O–H groups in total. The van der Waals surface area contributed by atoms with E-state index in [0.717, 1.165) is 74.1 Å². The number of nitrogens with one attached hydrogen (secondary N) is 1. The second kappa shape index (κ2) is 9.94. The Morgan fingerprint density at radius 1 is 1.06 bits per heavy atom. The summed E-state index contributed by atoms with van der Waals surface area (Å²) in [5, 5.41) is 9.17. The van der Waals surface area contributed by atoms with Crippen molar-refractivity contribution in [2.75, 3.05) is 39.4 Å². The van der Waals surface area contributed by atoms with Crippen LogP contribution in [0.15, 0.2) is 48.7 Å². The van der Waals surface area contributed by atoms with E-state index in [1.165, 1.54) is 12.1 Å². The number of hydrogen-bond donors (Lipinski definition) is 1. The quantitative estimate of drug-likeness (QED) is 0.384. The zero-order valence-corrected chi connectivity index (χ0v) is 20.0. The van der Waals surface area contributed by atoms with Crippen molar-refractivity contribution in [2.24, 2.45) is 7.05 Å². The number of rotatable bonds is 7. The van der Waals surface area contributed by atoms with Gasteiger partial charge in [-0.15, -0.1) is 0 Å². The van der Waals surface area contributed by atoms with Crippen molar-refractivity contribution in [2.45, 2.75) is 19.0 Å². The number of alkyl halides is 3. The van der Waals surface area contributed by atoms with Crippen LogP contribution in [0.2, 0.25) is 0 Å². The number of halogens is 3. The predicted molar refractivity (Wildman–Crippen MR) is 131 cm³/mol. The lowest BCUT2D eigenvalue weighted by Crippen LogP contribution is -2.37. The van der Waals surface area contributed by atoms with E-state index in [-0.39, 0.29) is 5.91 Å². The van der Waals surface area contributed by atoms with Crippen molar-refractivity contribution < 1.29 is 22.7 Å². The average molecular weight is 500 g/mol. The topological polar surface area (TPSA) is 64.3 Å². The number of hydrogen-bond acceptors (Lipinski definition) is 4. The van der Waals surface area contributed by atoms with Crippen LogP contribution in [0.4, 0.5) is 13.2 Å². The fraction of sp³-hybridized carbons (Fsp3) is 0.385. The summed E-state index contributed by atoms with van der Waals surface area (Å²) in [5.41, 5.74) is 1.79. The van der Waals surface area contributed by atoms with Crippen molar-refractivity contribution >= 4 is 27.8 Å². The van der Waals surface area contributed by atoms with E-state index in [4.69, 9.17) is 4.74 Å². The lowest BCUT2D eigenvalue weighted by molar-refractivity contribution is -0.137. The van der Waals surface area contributed by atoms with Crippen LogP contribution in [-0.4, -0.2) is 64.5 Å². The van der Waals surface area contributed by atoms with Gasteiger partial charge in [-0.3, -0.25) is 18.9 Å². The van der Waals surface area contributed by atoms with Gasteiger partial charge >= 0.3 is 6.18 Å². The number of amides is 1. The Morgan fingerprint density at radius 2 is 1.81 bits per heavy atom. The second-order valence-corrected chi connectivity index (χ2v) is 9.07. The van der Waals surface area contributed by atoms with Gasteiger partial charge in [-0.1, -0.05) is 0 Å². The highest BCUT2D eigenvalue weighted by molar-refractivity contribution is 6.10. The summed E-state index contributed by atoms with van der Waals surface area (Å²) < 4.78 is 48.0. The van der Waals surface area contributed by atoms with E-state index in [1.807, 2.05) is 22.9 Å². The molecule has 1 aliphatic heterocycles. The van der Waals surface area contributed by atoms with Crippen LogP contribution < -0.4 is 5.32 Å². The molecule has 1 fully saturated rings. The number of fused-ring (bicyclic) bond motifs is 3. The zero-order valence-electron chi connectivity index (χ0n) is 20.0. The highest BCUT2D eigenvalue weighted by Crippen LogP contribution is 2.34. The van der Waals surface area contributed by atoms with E-state index in [0.29, 0.717) is 23.4 Å². The summed E-state index contributed by atoms with van der Waals surface area (Å²) >= 11 is 0. The number of carbonyl (C=O) groups is 1. The largest absolute Gasteiger partial charge is 0.416 e. The second-order valence-electron chi connectivity index (χ2n) is 9.07. The fourth-order valence-electron chi connectivity index (χ4n) is 4.68.